The van der Waals surface area contributed by atoms with Gasteiger partial charge in [-0.15, -0.1) is 0 Å². The Morgan fingerprint density at radius 2 is 1.52 bits per heavy atom. The molecule has 0 spiro atoms. The van der Waals surface area contributed by atoms with Crippen LogP contribution in [0.3, 0.4) is 0 Å². The van der Waals surface area contributed by atoms with E-state index in [1.165, 1.54) is 0 Å². The Morgan fingerprint density at radius 1 is 0.939 bits per heavy atom. The number of hydrogen-bond donors (Lipinski definition) is 3. The second-order valence-corrected chi connectivity index (χ2v) is 8.80. The molecule has 2 atom stereocenters. The van der Waals surface area contributed by atoms with Crippen LogP contribution >= 0.6 is 0 Å². The third-order valence-corrected chi connectivity index (χ3v) is 6.14. The second kappa shape index (κ2) is 11.0. The lowest BCUT2D eigenvalue weighted by Gasteiger charge is -2.24. The molecular formula is C26H32N2O5. The number of amides is 2. The van der Waals surface area contributed by atoms with Gasteiger partial charge in [0.25, 0.3) is 0 Å². The maximum atomic E-state index is 12.6. The highest BCUT2D eigenvalue weighted by Crippen LogP contribution is 2.44. The third-order valence-electron chi connectivity index (χ3n) is 6.14. The first-order valence-corrected chi connectivity index (χ1v) is 11.4. The number of aliphatic carboxylic acids is 1. The van der Waals surface area contributed by atoms with E-state index in [0.717, 1.165) is 22.3 Å². The zero-order valence-electron chi connectivity index (χ0n) is 19.3. The molecule has 0 radical (unpaired) electrons. The number of carboxylic acids is 1. The monoisotopic (exact) mass is 452 g/mol. The standard InChI is InChI=1S/C26H32N2O5/c1-4-17(13-25(30)31)27-24(29)14-23(16(2)3)28-26(32)33-15-22-20-11-7-5-9-18(20)19-10-6-8-12-21(19)22/h5-12,16-17,22-23H,4,13-15H2,1-3H3,(H,27,29)(H,28,32)(H,30,31)/t17-,23+/m0/s1. The number of carboxylic acid groups (broad SMARTS) is 1. The summed E-state index contributed by atoms with van der Waals surface area (Å²) in [7, 11) is 0. The van der Waals surface area contributed by atoms with Crippen LogP contribution in [0.1, 0.15) is 57.1 Å². The van der Waals surface area contributed by atoms with E-state index in [0.29, 0.717) is 6.42 Å². The minimum atomic E-state index is -0.959. The highest BCUT2D eigenvalue weighted by Gasteiger charge is 2.29. The predicted molar refractivity (Wildman–Crippen MR) is 126 cm³/mol. The maximum absolute atomic E-state index is 12.6. The van der Waals surface area contributed by atoms with Crippen LogP contribution in [0.25, 0.3) is 11.1 Å². The molecule has 3 N–H and O–H groups in total. The number of ether oxygens (including phenoxy) is 1. The number of alkyl carbamates (subject to hydrolysis) is 1. The molecule has 3 rings (SSSR count). The number of fused-ring (bicyclic) bond motifs is 3. The van der Waals surface area contributed by atoms with Crippen LogP contribution < -0.4 is 10.6 Å². The molecule has 2 aromatic carbocycles. The van der Waals surface area contributed by atoms with Gasteiger partial charge in [0.1, 0.15) is 6.61 Å². The molecule has 0 saturated heterocycles. The molecule has 0 bridgehead atoms. The van der Waals surface area contributed by atoms with Crippen molar-refractivity contribution in [3.63, 3.8) is 0 Å². The molecule has 7 heteroatoms. The molecule has 2 aromatic rings. The number of carbonyl (C=O) groups excluding carboxylic acids is 2. The molecule has 0 saturated carbocycles. The smallest absolute Gasteiger partial charge is 0.407 e. The van der Waals surface area contributed by atoms with E-state index < -0.39 is 24.1 Å². The first-order valence-electron chi connectivity index (χ1n) is 11.4. The van der Waals surface area contributed by atoms with Crippen LogP contribution in [0.5, 0.6) is 0 Å². The van der Waals surface area contributed by atoms with E-state index in [-0.39, 0.29) is 37.2 Å². The molecule has 7 nitrogen and oxygen atoms in total. The number of nitrogens with one attached hydrogen (secondary N) is 2. The van der Waals surface area contributed by atoms with Crippen molar-refractivity contribution in [2.45, 2.75) is 58.0 Å². The van der Waals surface area contributed by atoms with Gasteiger partial charge in [-0.1, -0.05) is 69.3 Å². The van der Waals surface area contributed by atoms with E-state index >= 15 is 0 Å². The van der Waals surface area contributed by atoms with Crippen LogP contribution in [0.15, 0.2) is 48.5 Å². The van der Waals surface area contributed by atoms with Crippen molar-refractivity contribution >= 4 is 18.0 Å². The normalized spacial score (nSPS) is 14.2. The summed E-state index contributed by atoms with van der Waals surface area (Å²) in [6.45, 7) is 5.85. The number of benzene rings is 2. The van der Waals surface area contributed by atoms with Gasteiger partial charge in [-0.05, 0) is 34.6 Å². The van der Waals surface area contributed by atoms with Gasteiger partial charge < -0.3 is 20.5 Å². The lowest BCUT2D eigenvalue weighted by Crippen LogP contribution is -2.45. The van der Waals surface area contributed by atoms with Gasteiger partial charge in [-0.25, -0.2) is 4.79 Å². The predicted octanol–water partition coefficient (Wildman–Crippen LogP) is 4.31. The van der Waals surface area contributed by atoms with Gasteiger partial charge in [0.15, 0.2) is 0 Å². The molecule has 176 valence electrons. The summed E-state index contributed by atoms with van der Waals surface area (Å²) in [5, 5.41) is 14.5. The van der Waals surface area contributed by atoms with E-state index in [1.54, 1.807) is 0 Å². The first-order chi connectivity index (χ1) is 15.8. The summed E-state index contributed by atoms with van der Waals surface area (Å²) in [6.07, 6.45) is -0.128. The lowest BCUT2D eigenvalue weighted by molar-refractivity contribution is -0.137. The topological polar surface area (TPSA) is 105 Å². The average Bonchev–Trinajstić information content (AvgIpc) is 3.10. The van der Waals surface area contributed by atoms with Gasteiger partial charge in [-0.2, -0.15) is 0 Å². The van der Waals surface area contributed by atoms with Crippen molar-refractivity contribution in [2.75, 3.05) is 6.61 Å². The quantitative estimate of drug-likeness (QED) is 0.498. The van der Waals surface area contributed by atoms with Crippen LogP contribution in [0, 0.1) is 5.92 Å². The van der Waals surface area contributed by atoms with E-state index in [9.17, 15) is 14.4 Å². The van der Waals surface area contributed by atoms with Gasteiger partial charge in [0.2, 0.25) is 5.91 Å². The summed E-state index contributed by atoms with van der Waals surface area (Å²) in [4.78, 5) is 36.0. The Balaban J connectivity index is 1.59. The molecule has 0 aromatic heterocycles. The minimum Gasteiger partial charge on any atom is -0.481 e. The summed E-state index contributed by atoms with van der Waals surface area (Å²) in [5.74, 6) is -1.29. The highest BCUT2D eigenvalue weighted by molar-refractivity contribution is 5.80. The minimum absolute atomic E-state index is 0.00390. The molecular weight excluding hydrogens is 420 g/mol. The number of carbonyl (C=O) groups is 3. The fraction of sp³-hybridized carbons (Fsp3) is 0.423. The number of hydrogen-bond acceptors (Lipinski definition) is 4. The molecule has 1 aliphatic carbocycles. The average molecular weight is 453 g/mol. The summed E-state index contributed by atoms with van der Waals surface area (Å²) < 4.78 is 5.60. The van der Waals surface area contributed by atoms with Gasteiger partial charge in [0.05, 0.1) is 6.42 Å². The van der Waals surface area contributed by atoms with Crippen molar-refractivity contribution in [2.24, 2.45) is 5.92 Å². The second-order valence-electron chi connectivity index (χ2n) is 8.80. The van der Waals surface area contributed by atoms with Crippen LogP contribution in [-0.2, 0) is 14.3 Å². The third kappa shape index (κ3) is 6.12. The fourth-order valence-electron chi connectivity index (χ4n) is 4.24. The Bertz CT molecular complexity index is 958. The molecule has 33 heavy (non-hydrogen) atoms. The Hall–Kier alpha value is -3.35. The fourth-order valence-corrected chi connectivity index (χ4v) is 4.24. The van der Waals surface area contributed by atoms with Crippen molar-refractivity contribution in [3.8, 4) is 11.1 Å². The molecule has 2 amide bonds. The van der Waals surface area contributed by atoms with Gasteiger partial charge in [-0.3, -0.25) is 9.59 Å². The van der Waals surface area contributed by atoms with Crippen molar-refractivity contribution in [3.05, 3.63) is 59.7 Å². The van der Waals surface area contributed by atoms with Crippen LogP contribution in [-0.4, -0.2) is 41.8 Å². The van der Waals surface area contributed by atoms with Crippen molar-refractivity contribution < 1.29 is 24.2 Å². The van der Waals surface area contributed by atoms with Crippen molar-refractivity contribution in [1.82, 2.24) is 10.6 Å². The highest BCUT2D eigenvalue weighted by atomic mass is 16.5. The summed E-state index contributed by atoms with van der Waals surface area (Å²) in [6, 6.07) is 15.4. The van der Waals surface area contributed by atoms with E-state index in [1.807, 2.05) is 45.0 Å². The van der Waals surface area contributed by atoms with E-state index in [4.69, 9.17) is 9.84 Å². The lowest BCUT2D eigenvalue weighted by atomic mass is 9.98. The summed E-state index contributed by atoms with van der Waals surface area (Å²) >= 11 is 0. The van der Waals surface area contributed by atoms with Gasteiger partial charge in [0, 0.05) is 24.4 Å². The SMILES string of the molecule is CC[C@@H](CC(=O)O)NC(=O)C[C@@H](NC(=O)OCC1c2ccccc2-c2ccccc21)C(C)C. The molecule has 1 aliphatic rings. The Kier molecular flexibility index (Phi) is 8.09. The zero-order valence-corrected chi connectivity index (χ0v) is 19.3. The summed E-state index contributed by atoms with van der Waals surface area (Å²) in [5.41, 5.74) is 4.59. The molecule has 0 fully saturated rings. The largest absolute Gasteiger partial charge is 0.481 e. The van der Waals surface area contributed by atoms with Gasteiger partial charge >= 0.3 is 12.1 Å². The first kappa shape index (κ1) is 24.3. The number of rotatable bonds is 10. The van der Waals surface area contributed by atoms with E-state index in [2.05, 4.69) is 34.9 Å². The molecule has 0 aliphatic heterocycles. The Morgan fingerprint density at radius 3 is 2.03 bits per heavy atom. The van der Waals surface area contributed by atoms with Crippen LogP contribution in [0.4, 0.5) is 4.79 Å². The Labute approximate surface area is 194 Å². The zero-order chi connectivity index (χ0) is 24.0. The van der Waals surface area contributed by atoms with Crippen LogP contribution in [0.2, 0.25) is 0 Å². The van der Waals surface area contributed by atoms with Crippen molar-refractivity contribution in [1.29, 1.82) is 0 Å². The molecule has 0 unspecified atom stereocenters. The molecule has 0 heterocycles. The maximum Gasteiger partial charge on any atom is 0.407 e.